The van der Waals surface area contributed by atoms with Crippen LogP contribution in [0, 0.1) is 5.82 Å². The summed E-state index contributed by atoms with van der Waals surface area (Å²) in [5, 5.41) is 10.4. The van der Waals surface area contributed by atoms with Crippen LogP contribution in [0.2, 0.25) is 0 Å². The number of hydrogen-bond donors (Lipinski definition) is 2. The first-order valence-corrected chi connectivity index (χ1v) is 6.92. The standard InChI is InChI=1S/C14H18FN5O/c1-9-8-20(6-5-16-9)14-17-13(18-19-14)11-4-3-10(21-2)7-12(11)15/h3-4,7,9,16H,5-6,8H2,1-2H3,(H,17,18,19)/t9-/m0/s1. The highest BCUT2D eigenvalue weighted by Gasteiger charge is 2.20. The summed E-state index contributed by atoms with van der Waals surface area (Å²) in [5.74, 6) is 1.13. The first kappa shape index (κ1) is 13.8. The molecule has 0 radical (unpaired) electrons. The summed E-state index contributed by atoms with van der Waals surface area (Å²) >= 11 is 0. The minimum Gasteiger partial charge on any atom is -0.497 e. The predicted molar refractivity (Wildman–Crippen MR) is 78.0 cm³/mol. The topological polar surface area (TPSA) is 66.1 Å². The van der Waals surface area contributed by atoms with Gasteiger partial charge in [-0.3, -0.25) is 5.10 Å². The van der Waals surface area contributed by atoms with Crippen molar-refractivity contribution in [3.05, 3.63) is 24.0 Å². The Hall–Kier alpha value is -2.15. The summed E-state index contributed by atoms with van der Waals surface area (Å²) < 4.78 is 19.0. The van der Waals surface area contributed by atoms with Crippen LogP contribution in [0.4, 0.5) is 10.3 Å². The molecule has 0 amide bonds. The van der Waals surface area contributed by atoms with Crippen LogP contribution in [0.3, 0.4) is 0 Å². The first-order chi connectivity index (χ1) is 10.2. The number of hydrogen-bond acceptors (Lipinski definition) is 5. The fourth-order valence-corrected chi connectivity index (χ4v) is 2.44. The van der Waals surface area contributed by atoms with Gasteiger partial charge in [0.1, 0.15) is 11.6 Å². The zero-order valence-corrected chi connectivity index (χ0v) is 12.1. The number of piperazine rings is 1. The molecule has 1 aromatic carbocycles. The average Bonchev–Trinajstić information content (AvgIpc) is 2.96. The van der Waals surface area contributed by atoms with Gasteiger partial charge >= 0.3 is 0 Å². The maximum absolute atomic E-state index is 14.0. The van der Waals surface area contributed by atoms with E-state index in [0.717, 1.165) is 19.6 Å². The first-order valence-electron chi connectivity index (χ1n) is 6.92. The van der Waals surface area contributed by atoms with E-state index < -0.39 is 0 Å². The lowest BCUT2D eigenvalue weighted by Gasteiger charge is -2.30. The van der Waals surface area contributed by atoms with Gasteiger partial charge in [-0.25, -0.2) is 4.39 Å². The van der Waals surface area contributed by atoms with Gasteiger partial charge in [0.05, 0.1) is 12.7 Å². The van der Waals surface area contributed by atoms with Crippen LogP contribution >= 0.6 is 0 Å². The lowest BCUT2D eigenvalue weighted by Crippen LogP contribution is -2.49. The number of aromatic amines is 1. The van der Waals surface area contributed by atoms with Gasteiger partial charge in [0.2, 0.25) is 5.95 Å². The van der Waals surface area contributed by atoms with E-state index in [1.807, 2.05) is 0 Å². The normalized spacial score (nSPS) is 18.8. The third kappa shape index (κ3) is 2.82. The number of H-pyrrole nitrogens is 1. The van der Waals surface area contributed by atoms with Crippen molar-refractivity contribution in [1.82, 2.24) is 20.5 Å². The van der Waals surface area contributed by atoms with Crippen molar-refractivity contribution in [3.8, 4) is 17.1 Å². The highest BCUT2D eigenvalue weighted by atomic mass is 19.1. The smallest absolute Gasteiger partial charge is 0.245 e. The Bertz CT molecular complexity index is 630. The Balaban J connectivity index is 1.84. The number of rotatable bonds is 3. The largest absolute Gasteiger partial charge is 0.497 e. The Morgan fingerprint density at radius 3 is 3.00 bits per heavy atom. The van der Waals surface area contributed by atoms with Crippen molar-refractivity contribution < 1.29 is 9.13 Å². The van der Waals surface area contributed by atoms with Gasteiger partial charge < -0.3 is 15.0 Å². The summed E-state index contributed by atoms with van der Waals surface area (Å²) in [6.07, 6.45) is 0. The van der Waals surface area contributed by atoms with Crippen LogP contribution in [-0.4, -0.2) is 48.0 Å². The number of aromatic nitrogens is 3. The molecule has 0 bridgehead atoms. The third-order valence-electron chi connectivity index (χ3n) is 3.56. The molecule has 6 nitrogen and oxygen atoms in total. The Labute approximate surface area is 122 Å². The van der Waals surface area contributed by atoms with E-state index in [-0.39, 0.29) is 5.82 Å². The Morgan fingerprint density at radius 1 is 1.43 bits per heavy atom. The van der Waals surface area contributed by atoms with Crippen molar-refractivity contribution in [3.63, 3.8) is 0 Å². The van der Waals surface area contributed by atoms with E-state index in [0.29, 0.717) is 29.1 Å². The lowest BCUT2D eigenvalue weighted by molar-refractivity contribution is 0.411. The van der Waals surface area contributed by atoms with Gasteiger partial charge in [-0.15, -0.1) is 5.10 Å². The van der Waals surface area contributed by atoms with Crippen LogP contribution in [-0.2, 0) is 0 Å². The minimum atomic E-state index is -0.384. The fraction of sp³-hybridized carbons (Fsp3) is 0.429. The van der Waals surface area contributed by atoms with Crippen molar-refractivity contribution in [2.75, 3.05) is 31.6 Å². The number of benzene rings is 1. The monoisotopic (exact) mass is 291 g/mol. The molecular weight excluding hydrogens is 273 g/mol. The average molecular weight is 291 g/mol. The van der Waals surface area contributed by atoms with Crippen LogP contribution in [0.15, 0.2) is 18.2 Å². The summed E-state index contributed by atoms with van der Waals surface area (Å²) in [6, 6.07) is 5.06. The maximum Gasteiger partial charge on any atom is 0.245 e. The van der Waals surface area contributed by atoms with Crippen LogP contribution in [0.1, 0.15) is 6.92 Å². The second kappa shape index (κ2) is 5.69. The minimum absolute atomic E-state index is 0.384. The van der Waals surface area contributed by atoms with Crippen LogP contribution < -0.4 is 15.0 Å². The molecule has 1 aliphatic heterocycles. The van der Waals surface area contributed by atoms with Crippen molar-refractivity contribution in [2.24, 2.45) is 0 Å². The zero-order valence-electron chi connectivity index (χ0n) is 12.1. The quantitative estimate of drug-likeness (QED) is 0.895. The van der Waals surface area contributed by atoms with Crippen molar-refractivity contribution in [2.45, 2.75) is 13.0 Å². The van der Waals surface area contributed by atoms with Gasteiger partial charge in [0.25, 0.3) is 0 Å². The van der Waals surface area contributed by atoms with Crippen molar-refractivity contribution >= 4 is 5.95 Å². The number of nitrogens with zero attached hydrogens (tertiary/aromatic N) is 3. The van der Waals surface area contributed by atoms with E-state index in [2.05, 4.69) is 32.3 Å². The molecule has 0 saturated carbocycles. The van der Waals surface area contributed by atoms with Crippen molar-refractivity contribution in [1.29, 1.82) is 0 Å². The number of anilines is 1. The molecule has 1 saturated heterocycles. The molecule has 2 N–H and O–H groups in total. The van der Waals surface area contributed by atoms with E-state index >= 15 is 0 Å². The number of halogens is 1. The van der Waals surface area contributed by atoms with Gasteiger partial charge in [0, 0.05) is 31.7 Å². The number of methoxy groups -OCH3 is 1. The second-order valence-electron chi connectivity index (χ2n) is 5.13. The number of nitrogens with one attached hydrogen (secondary N) is 2. The highest BCUT2D eigenvalue weighted by Crippen LogP contribution is 2.24. The number of ether oxygens (including phenoxy) is 1. The van der Waals surface area contributed by atoms with Gasteiger partial charge in [-0.1, -0.05) is 0 Å². The summed E-state index contributed by atoms with van der Waals surface area (Å²) in [5.41, 5.74) is 0.387. The molecule has 1 aliphatic rings. The Kier molecular flexibility index (Phi) is 3.74. The third-order valence-corrected chi connectivity index (χ3v) is 3.56. The highest BCUT2D eigenvalue weighted by molar-refractivity contribution is 5.58. The summed E-state index contributed by atoms with van der Waals surface area (Å²) in [4.78, 5) is 6.49. The fourth-order valence-electron chi connectivity index (χ4n) is 2.44. The van der Waals surface area contributed by atoms with E-state index in [4.69, 9.17) is 4.74 Å². The van der Waals surface area contributed by atoms with E-state index in [9.17, 15) is 4.39 Å². The zero-order chi connectivity index (χ0) is 14.8. The molecule has 0 unspecified atom stereocenters. The molecule has 7 heteroatoms. The predicted octanol–water partition coefficient (Wildman–Crippen LogP) is 1.42. The molecule has 1 fully saturated rings. The molecule has 112 valence electrons. The molecule has 0 spiro atoms. The molecule has 2 aromatic rings. The molecule has 1 aromatic heterocycles. The molecule has 3 rings (SSSR count). The molecule has 21 heavy (non-hydrogen) atoms. The van der Waals surface area contributed by atoms with Crippen LogP contribution in [0.5, 0.6) is 5.75 Å². The SMILES string of the molecule is COc1ccc(-c2nc(N3CCN[C@@H](C)C3)n[nH]2)c(F)c1. The van der Waals surface area contributed by atoms with Gasteiger partial charge in [0.15, 0.2) is 5.82 Å². The molecule has 1 atom stereocenters. The van der Waals surface area contributed by atoms with Gasteiger partial charge in [-0.2, -0.15) is 4.98 Å². The lowest BCUT2D eigenvalue weighted by atomic mass is 10.2. The second-order valence-corrected chi connectivity index (χ2v) is 5.13. The molecular formula is C14H18FN5O. The van der Waals surface area contributed by atoms with E-state index in [1.165, 1.54) is 13.2 Å². The van der Waals surface area contributed by atoms with E-state index in [1.54, 1.807) is 12.1 Å². The summed E-state index contributed by atoms with van der Waals surface area (Å²) in [6.45, 7) is 4.68. The van der Waals surface area contributed by atoms with Crippen LogP contribution in [0.25, 0.3) is 11.4 Å². The Morgan fingerprint density at radius 2 is 2.29 bits per heavy atom. The maximum atomic E-state index is 14.0. The molecule has 2 heterocycles. The molecule has 0 aliphatic carbocycles. The van der Waals surface area contributed by atoms with Gasteiger partial charge in [-0.05, 0) is 19.1 Å². The summed E-state index contributed by atoms with van der Waals surface area (Å²) in [7, 11) is 1.51.